The lowest BCUT2D eigenvalue weighted by molar-refractivity contribution is -0.118. The summed E-state index contributed by atoms with van der Waals surface area (Å²) in [6, 6.07) is 11.1. The number of rotatable bonds is 7. The molecule has 144 valence electrons. The van der Waals surface area contributed by atoms with Crippen LogP contribution in [0.1, 0.15) is 10.1 Å². The summed E-state index contributed by atoms with van der Waals surface area (Å²) in [5, 5.41) is 3.16. The molecule has 0 atom stereocenters. The van der Waals surface area contributed by atoms with Crippen molar-refractivity contribution in [1.82, 2.24) is 0 Å². The Morgan fingerprint density at radius 2 is 1.78 bits per heavy atom. The van der Waals surface area contributed by atoms with Gasteiger partial charge in [-0.3, -0.25) is 4.79 Å². The van der Waals surface area contributed by atoms with E-state index in [2.05, 4.69) is 17.4 Å². The van der Waals surface area contributed by atoms with E-state index in [9.17, 15) is 4.79 Å². The lowest BCUT2D eigenvalue weighted by atomic mass is 10.2. The summed E-state index contributed by atoms with van der Waals surface area (Å²) in [5.41, 5.74) is 1.75. The van der Waals surface area contributed by atoms with Crippen molar-refractivity contribution in [3.05, 3.63) is 47.0 Å². The van der Waals surface area contributed by atoms with Gasteiger partial charge in [0.15, 0.2) is 6.61 Å². The third kappa shape index (κ3) is 5.18. The number of nitrogens with one attached hydrogen (secondary N) is 1. The Morgan fingerprint density at radius 1 is 1.11 bits per heavy atom. The zero-order chi connectivity index (χ0) is 19.2. The number of benzene rings is 2. The molecule has 1 fully saturated rings. The Bertz CT molecular complexity index is 795. The van der Waals surface area contributed by atoms with Gasteiger partial charge >= 0.3 is 0 Å². The predicted octanol–water partition coefficient (Wildman–Crippen LogP) is 4.85. The number of carbonyl (C=O) groups is 1. The first kappa shape index (κ1) is 20.0. The van der Waals surface area contributed by atoms with Gasteiger partial charge < -0.3 is 19.5 Å². The largest absolute Gasteiger partial charge is 0.495 e. The predicted molar refractivity (Wildman–Crippen MR) is 113 cm³/mol. The number of hydrogen-bond acceptors (Lipinski definition) is 6. The third-order valence-electron chi connectivity index (χ3n) is 3.89. The zero-order valence-corrected chi connectivity index (χ0v) is 17.4. The van der Waals surface area contributed by atoms with Gasteiger partial charge in [-0.1, -0.05) is 23.7 Å². The molecule has 2 aromatic carbocycles. The van der Waals surface area contributed by atoms with E-state index in [-0.39, 0.29) is 12.5 Å². The fourth-order valence-corrected chi connectivity index (χ4v) is 5.66. The second-order valence-electron chi connectivity index (χ2n) is 5.67. The van der Waals surface area contributed by atoms with Gasteiger partial charge in [-0.25, -0.2) is 0 Å². The van der Waals surface area contributed by atoms with Crippen LogP contribution in [-0.4, -0.2) is 38.2 Å². The molecule has 0 aromatic heterocycles. The van der Waals surface area contributed by atoms with Gasteiger partial charge in [0.05, 0.1) is 29.5 Å². The van der Waals surface area contributed by atoms with Crippen molar-refractivity contribution >= 4 is 46.7 Å². The molecule has 1 saturated heterocycles. The van der Waals surface area contributed by atoms with Crippen molar-refractivity contribution in [2.24, 2.45) is 0 Å². The summed E-state index contributed by atoms with van der Waals surface area (Å²) >= 11 is 9.98. The number of anilines is 1. The molecule has 1 heterocycles. The van der Waals surface area contributed by atoms with Crippen LogP contribution in [0.4, 0.5) is 5.69 Å². The average Bonchev–Trinajstić information content (AvgIpc) is 3.22. The number of carbonyl (C=O) groups excluding carboxylic acids is 1. The Kier molecular flexibility index (Phi) is 7.04. The normalized spacial score (nSPS) is 14.0. The van der Waals surface area contributed by atoms with Crippen molar-refractivity contribution in [1.29, 1.82) is 0 Å². The van der Waals surface area contributed by atoms with E-state index in [0.717, 1.165) is 0 Å². The van der Waals surface area contributed by atoms with Crippen molar-refractivity contribution < 1.29 is 19.0 Å². The van der Waals surface area contributed by atoms with Gasteiger partial charge in [-0.2, -0.15) is 0 Å². The van der Waals surface area contributed by atoms with Crippen LogP contribution in [0.3, 0.4) is 0 Å². The minimum atomic E-state index is -0.302. The highest BCUT2D eigenvalue weighted by molar-refractivity contribution is 8.19. The van der Waals surface area contributed by atoms with Crippen LogP contribution >= 0.6 is 35.1 Å². The topological polar surface area (TPSA) is 56.8 Å². The maximum Gasteiger partial charge on any atom is 0.262 e. The van der Waals surface area contributed by atoms with Gasteiger partial charge in [0.2, 0.25) is 0 Å². The van der Waals surface area contributed by atoms with Gasteiger partial charge in [0, 0.05) is 23.6 Å². The maximum atomic E-state index is 12.2. The summed E-state index contributed by atoms with van der Waals surface area (Å²) in [6.45, 7) is -0.111. The Morgan fingerprint density at radius 3 is 2.41 bits per heavy atom. The van der Waals surface area contributed by atoms with Crippen LogP contribution in [0.15, 0.2) is 36.4 Å². The second kappa shape index (κ2) is 9.48. The summed E-state index contributed by atoms with van der Waals surface area (Å²) in [6.07, 6.45) is 0. The Labute approximate surface area is 172 Å². The number of halogens is 1. The average molecular weight is 426 g/mol. The lowest BCUT2D eigenvalue weighted by Crippen LogP contribution is -2.20. The van der Waals surface area contributed by atoms with Crippen LogP contribution in [0.5, 0.6) is 17.2 Å². The molecule has 0 bridgehead atoms. The highest BCUT2D eigenvalue weighted by Gasteiger charge is 2.18. The summed E-state index contributed by atoms with van der Waals surface area (Å²) in [5.74, 6) is 3.63. The second-order valence-corrected chi connectivity index (χ2v) is 8.80. The highest BCUT2D eigenvalue weighted by atomic mass is 35.5. The first-order valence-corrected chi connectivity index (χ1v) is 10.8. The molecule has 1 amide bonds. The van der Waals surface area contributed by atoms with Gasteiger partial charge in [0.25, 0.3) is 5.91 Å². The fourth-order valence-electron chi connectivity index (χ4n) is 2.57. The standard InChI is InChI=1S/C19H20ClNO4S2/c1-23-16-10-15(17(24-2)9-14(16)20)21-18(22)11-25-13-5-3-12(4-6-13)19-26-7-8-27-19/h3-6,9-10,19H,7-8,11H2,1-2H3,(H,21,22). The third-order valence-corrected chi connectivity index (χ3v) is 7.29. The number of ether oxygens (including phenoxy) is 3. The minimum absolute atomic E-state index is 0.111. The maximum absolute atomic E-state index is 12.2. The molecule has 3 rings (SSSR count). The van der Waals surface area contributed by atoms with E-state index in [1.165, 1.54) is 31.3 Å². The number of hydrogen-bond donors (Lipinski definition) is 1. The van der Waals surface area contributed by atoms with E-state index in [1.54, 1.807) is 12.1 Å². The quantitative estimate of drug-likeness (QED) is 0.684. The van der Waals surface area contributed by atoms with Gasteiger partial charge in [-0.05, 0) is 17.7 Å². The van der Waals surface area contributed by atoms with Crippen LogP contribution in [0, 0.1) is 0 Å². The molecule has 0 spiro atoms. The molecule has 1 aliphatic rings. The zero-order valence-electron chi connectivity index (χ0n) is 15.0. The minimum Gasteiger partial charge on any atom is -0.495 e. The van der Waals surface area contributed by atoms with Crippen LogP contribution < -0.4 is 19.5 Å². The van der Waals surface area contributed by atoms with Gasteiger partial charge in [0.1, 0.15) is 17.2 Å². The smallest absolute Gasteiger partial charge is 0.262 e. The van der Waals surface area contributed by atoms with E-state index in [4.69, 9.17) is 25.8 Å². The van der Waals surface area contributed by atoms with Gasteiger partial charge in [-0.15, -0.1) is 23.5 Å². The number of amides is 1. The summed E-state index contributed by atoms with van der Waals surface area (Å²) in [7, 11) is 3.02. The fraction of sp³-hybridized carbons (Fsp3) is 0.316. The lowest BCUT2D eigenvalue weighted by Gasteiger charge is -2.14. The molecule has 5 nitrogen and oxygen atoms in total. The molecule has 8 heteroatoms. The summed E-state index contributed by atoms with van der Waals surface area (Å²) in [4.78, 5) is 12.2. The Balaban J connectivity index is 1.58. The van der Waals surface area contributed by atoms with E-state index in [1.807, 2.05) is 35.7 Å². The molecule has 1 N–H and O–H groups in total. The molecular weight excluding hydrogens is 406 g/mol. The summed E-state index contributed by atoms with van der Waals surface area (Å²) < 4.78 is 16.5. The van der Waals surface area contributed by atoms with E-state index >= 15 is 0 Å². The monoisotopic (exact) mass is 425 g/mol. The molecule has 2 aromatic rings. The molecule has 27 heavy (non-hydrogen) atoms. The van der Waals surface area contributed by atoms with E-state index < -0.39 is 0 Å². The van der Waals surface area contributed by atoms with Crippen molar-refractivity contribution in [3.63, 3.8) is 0 Å². The van der Waals surface area contributed by atoms with Crippen molar-refractivity contribution in [3.8, 4) is 17.2 Å². The molecular formula is C19H20ClNO4S2. The van der Waals surface area contributed by atoms with E-state index in [0.29, 0.717) is 32.5 Å². The van der Waals surface area contributed by atoms with Crippen molar-refractivity contribution in [2.45, 2.75) is 4.58 Å². The van der Waals surface area contributed by atoms with Crippen molar-refractivity contribution in [2.75, 3.05) is 37.6 Å². The van der Waals surface area contributed by atoms with Crippen LogP contribution in [-0.2, 0) is 4.79 Å². The van der Waals surface area contributed by atoms with Crippen LogP contribution in [0.25, 0.3) is 0 Å². The molecule has 0 radical (unpaired) electrons. The molecule has 0 aliphatic carbocycles. The number of thioether (sulfide) groups is 2. The Hall–Kier alpha value is -1.70. The highest BCUT2D eigenvalue weighted by Crippen LogP contribution is 2.45. The van der Waals surface area contributed by atoms with Crippen LogP contribution in [0.2, 0.25) is 5.02 Å². The first-order valence-electron chi connectivity index (χ1n) is 8.28. The molecule has 1 aliphatic heterocycles. The number of methoxy groups -OCH3 is 2. The molecule has 0 unspecified atom stereocenters. The first-order chi connectivity index (χ1) is 13.1. The SMILES string of the molecule is COc1cc(NC(=O)COc2ccc(C3SCCS3)cc2)c(OC)cc1Cl. The molecule has 0 saturated carbocycles.